The molecule has 1 heterocycles. The van der Waals surface area contributed by atoms with E-state index < -0.39 is 35.1 Å². The van der Waals surface area contributed by atoms with Gasteiger partial charge in [-0.3, -0.25) is 4.79 Å². The summed E-state index contributed by atoms with van der Waals surface area (Å²) in [6, 6.07) is 13.0. The van der Waals surface area contributed by atoms with Crippen LogP contribution in [0.15, 0.2) is 60.7 Å². The molecule has 0 aliphatic heterocycles. The lowest BCUT2D eigenvalue weighted by Crippen LogP contribution is -2.19. The summed E-state index contributed by atoms with van der Waals surface area (Å²) in [5.74, 6) is -1.41. The van der Waals surface area contributed by atoms with Crippen molar-refractivity contribution in [1.82, 2.24) is 9.78 Å². The number of ketones is 1. The average molecular weight is 384 g/mol. The van der Waals surface area contributed by atoms with E-state index >= 15 is 0 Å². The Kier molecular flexibility index (Phi) is 4.54. The third kappa shape index (κ3) is 3.57. The molecule has 2 aromatic carbocycles. The Labute approximate surface area is 148 Å². The summed E-state index contributed by atoms with van der Waals surface area (Å²) < 4.78 is 81.5. The molecule has 3 aromatic rings. The Hall–Kier alpha value is -3.10. The molecule has 0 aliphatic carbocycles. The maximum atomic E-state index is 13.7. The van der Waals surface area contributed by atoms with Crippen LogP contribution in [0.1, 0.15) is 27.3 Å². The van der Waals surface area contributed by atoms with E-state index in [0.29, 0.717) is 0 Å². The molecule has 3 nitrogen and oxygen atoms in total. The fourth-order valence-corrected chi connectivity index (χ4v) is 2.58. The summed E-state index contributed by atoms with van der Waals surface area (Å²) in [7, 11) is 0. The Bertz CT molecular complexity index is 959. The monoisotopic (exact) mass is 384 g/mol. The molecule has 27 heavy (non-hydrogen) atoms. The van der Waals surface area contributed by atoms with Gasteiger partial charge in [0.2, 0.25) is 0 Å². The molecule has 0 N–H and O–H groups in total. The van der Waals surface area contributed by atoms with Crippen LogP contribution >= 0.6 is 0 Å². The largest absolute Gasteiger partial charge is 0.435 e. The SMILES string of the molecule is O=C(c1ccccc1)c1c(C(F)(F)F)nn(-c2ccccc2)c1C(F)(F)F. The van der Waals surface area contributed by atoms with Gasteiger partial charge in [-0.05, 0) is 12.1 Å². The van der Waals surface area contributed by atoms with Crippen molar-refractivity contribution < 1.29 is 31.1 Å². The number of alkyl halides is 6. The second kappa shape index (κ2) is 6.57. The van der Waals surface area contributed by atoms with E-state index in [-0.39, 0.29) is 15.9 Å². The van der Waals surface area contributed by atoms with E-state index in [4.69, 9.17) is 0 Å². The molecule has 0 radical (unpaired) electrons. The summed E-state index contributed by atoms with van der Waals surface area (Å²) >= 11 is 0. The highest BCUT2D eigenvalue weighted by atomic mass is 19.4. The van der Waals surface area contributed by atoms with Gasteiger partial charge >= 0.3 is 12.4 Å². The van der Waals surface area contributed by atoms with Crippen LogP contribution in [0.2, 0.25) is 0 Å². The Morgan fingerprint density at radius 3 is 1.78 bits per heavy atom. The highest BCUT2D eigenvalue weighted by Crippen LogP contribution is 2.41. The van der Waals surface area contributed by atoms with Crippen LogP contribution in [0, 0.1) is 0 Å². The Morgan fingerprint density at radius 1 is 0.778 bits per heavy atom. The molecule has 0 bridgehead atoms. The van der Waals surface area contributed by atoms with Crippen molar-refractivity contribution in [3.8, 4) is 5.69 Å². The fraction of sp³-hybridized carbons (Fsp3) is 0.111. The highest BCUT2D eigenvalue weighted by molar-refractivity contribution is 6.10. The van der Waals surface area contributed by atoms with Crippen molar-refractivity contribution >= 4 is 5.78 Å². The van der Waals surface area contributed by atoms with Gasteiger partial charge in [0.15, 0.2) is 17.2 Å². The molecule has 3 rings (SSSR count). The number of aromatic nitrogens is 2. The number of benzene rings is 2. The zero-order valence-electron chi connectivity index (χ0n) is 13.3. The number of para-hydroxylation sites is 1. The third-order valence-electron chi connectivity index (χ3n) is 3.69. The lowest BCUT2D eigenvalue weighted by atomic mass is 10.0. The number of nitrogens with zero attached hydrogens (tertiary/aromatic N) is 2. The first-order valence-electron chi connectivity index (χ1n) is 7.53. The number of hydrogen-bond donors (Lipinski definition) is 0. The number of halogens is 6. The minimum atomic E-state index is -5.25. The zero-order chi connectivity index (χ0) is 19.8. The number of rotatable bonds is 3. The van der Waals surface area contributed by atoms with Crippen LogP contribution in [-0.4, -0.2) is 15.6 Å². The van der Waals surface area contributed by atoms with Gasteiger partial charge in [-0.2, -0.15) is 31.4 Å². The summed E-state index contributed by atoms with van der Waals surface area (Å²) in [6.45, 7) is 0. The van der Waals surface area contributed by atoms with E-state index in [1.165, 1.54) is 48.5 Å². The predicted molar refractivity (Wildman–Crippen MR) is 83.4 cm³/mol. The van der Waals surface area contributed by atoms with Gasteiger partial charge in [-0.15, -0.1) is 0 Å². The van der Waals surface area contributed by atoms with Crippen LogP contribution in [0.25, 0.3) is 5.69 Å². The van der Waals surface area contributed by atoms with Gasteiger partial charge in [-0.1, -0.05) is 48.5 Å². The van der Waals surface area contributed by atoms with Gasteiger partial charge in [0, 0.05) is 5.56 Å². The molecule has 1 aromatic heterocycles. The van der Waals surface area contributed by atoms with Crippen LogP contribution < -0.4 is 0 Å². The van der Waals surface area contributed by atoms with Crippen LogP contribution in [0.4, 0.5) is 26.3 Å². The highest BCUT2D eigenvalue weighted by Gasteiger charge is 2.49. The van der Waals surface area contributed by atoms with Gasteiger partial charge in [-0.25, -0.2) is 4.68 Å². The van der Waals surface area contributed by atoms with E-state index in [0.717, 1.165) is 12.1 Å². The number of carbonyl (C=O) groups excluding carboxylic acids is 1. The molecule has 0 saturated heterocycles. The van der Waals surface area contributed by atoms with Gasteiger partial charge in [0.1, 0.15) is 0 Å². The molecule has 0 spiro atoms. The quantitative estimate of drug-likeness (QED) is 0.463. The smallest absolute Gasteiger partial charge is 0.288 e. The molecule has 140 valence electrons. The Balaban J connectivity index is 2.36. The van der Waals surface area contributed by atoms with Crippen molar-refractivity contribution in [3.05, 3.63) is 83.2 Å². The zero-order valence-corrected chi connectivity index (χ0v) is 13.3. The van der Waals surface area contributed by atoms with E-state index in [1.807, 2.05) is 0 Å². The fourth-order valence-electron chi connectivity index (χ4n) is 2.58. The molecule has 0 amide bonds. The average Bonchev–Trinajstić information content (AvgIpc) is 3.04. The number of hydrogen-bond acceptors (Lipinski definition) is 2. The molecule has 9 heteroatoms. The van der Waals surface area contributed by atoms with E-state index in [2.05, 4.69) is 5.10 Å². The minimum absolute atomic E-state index is 0.110. The maximum absolute atomic E-state index is 13.7. The molecule has 0 aliphatic rings. The Morgan fingerprint density at radius 2 is 1.30 bits per heavy atom. The molecule has 0 unspecified atom stereocenters. The van der Waals surface area contributed by atoms with Crippen molar-refractivity contribution in [2.75, 3.05) is 0 Å². The van der Waals surface area contributed by atoms with Crippen molar-refractivity contribution in [2.24, 2.45) is 0 Å². The lowest BCUT2D eigenvalue weighted by molar-refractivity contribution is -0.144. The summed E-state index contributed by atoms with van der Waals surface area (Å²) in [4.78, 5) is 12.6. The van der Waals surface area contributed by atoms with Crippen molar-refractivity contribution in [3.63, 3.8) is 0 Å². The minimum Gasteiger partial charge on any atom is -0.288 e. The molecular formula is C18H10F6N2O. The topological polar surface area (TPSA) is 34.9 Å². The maximum Gasteiger partial charge on any atom is 0.435 e. The van der Waals surface area contributed by atoms with Crippen LogP contribution in [0.3, 0.4) is 0 Å². The molecular weight excluding hydrogens is 374 g/mol. The van der Waals surface area contributed by atoms with E-state index in [9.17, 15) is 31.1 Å². The standard InChI is InChI=1S/C18H10F6N2O/c19-17(20,21)15-13(14(27)11-7-3-1-4-8-11)16(18(22,23)24)26(25-15)12-9-5-2-6-10-12/h1-10H. The molecule has 0 atom stereocenters. The first-order chi connectivity index (χ1) is 12.6. The predicted octanol–water partition coefficient (Wildman–Crippen LogP) is 5.14. The summed E-state index contributed by atoms with van der Waals surface area (Å²) in [5, 5.41) is 3.12. The van der Waals surface area contributed by atoms with Crippen LogP contribution in [0.5, 0.6) is 0 Å². The number of carbonyl (C=O) groups is 1. The first kappa shape index (κ1) is 18.7. The normalized spacial score (nSPS) is 12.2. The summed E-state index contributed by atoms with van der Waals surface area (Å²) in [6.07, 6.45) is -10.5. The summed E-state index contributed by atoms with van der Waals surface area (Å²) in [5.41, 5.74) is -5.73. The molecule has 0 fully saturated rings. The van der Waals surface area contributed by atoms with Crippen molar-refractivity contribution in [2.45, 2.75) is 12.4 Å². The second-order valence-electron chi connectivity index (χ2n) is 5.51. The second-order valence-corrected chi connectivity index (χ2v) is 5.51. The lowest BCUT2D eigenvalue weighted by Gasteiger charge is -2.12. The van der Waals surface area contributed by atoms with Crippen LogP contribution in [-0.2, 0) is 12.4 Å². The molecule has 0 saturated carbocycles. The first-order valence-corrected chi connectivity index (χ1v) is 7.53. The van der Waals surface area contributed by atoms with Crippen molar-refractivity contribution in [1.29, 1.82) is 0 Å². The van der Waals surface area contributed by atoms with Gasteiger partial charge in [0.25, 0.3) is 0 Å². The van der Waals surface area contributed by atoms with Gasteiger partial charge in [0.05, 0.1) is 11.3 Å². The van der Waals surface area contributed by atoms with E-state index in [1.54, 1.807) is 0 Å². The third-order valence-corrected chi connectivity index (χ3v) is 3.69. The van der Waals surface area contributed by atoms with Gasteiger partial charge < -0.3 is 0 Å².